The second-order valence-corrected chi connectivity index (χ2v) is 13.6. The maximum atomic E-state index is 9.88. The predicted octanol–water partition coefficient (Wildman–Crippen LogP) is 12.5. The van der Waals surface area contributed by atoms with Crippen molar-refractivity contribution >= 4 is 21.8 Å². The van der Waals surface area contributed by atoms with Gasteiger partial charge in [-0.25, -0.2) is 0 Å². The molecule has 0 atom stereocenters. The molecule has 0 aliphatic carbocycles. The maximum Gasteiger partial charge on any atom is 0.132 e. The van der Waals surface area contributed by atoms with Gasteiger partial charge in [0.2, 0.25) is 0 Å². The highest BCUT2D eigenvalue weighted by atomic mass is 16.5. The Kier molecular flexibility index (Phi) is 7.09. The SMILES string of the molecule is N#Cc1ccc2c(c1)c1cc(-c3ccc4c(c3)Oc3ccccc3C4(c3ccccc3)c3ccccc3)ccc1n2-c1ccc(-c2ccccc2)cc1. The topological polar surface area (TPSA) is 37.9 Å². The number of para-hydroxylation sites is 1. The Balaban J connectivity index is 1.15. The van der Waals surface area contributed by atoms with Gasteiger partial charge in [-0.1, -0.05) is 140 Å². The summed E-state index contributed by atoms with van der Waals surface area (Å²) in [6.45, 7) is 0. The summed E-state index contributed by atoms with van der Waals surface area (Å²) < 4.78 is 9.09. The van der Waals surface area contributed by atoms with Crippen LogP contribution >= 0.6 is 0 Å². The molecular formula is C50H32N2O. The van der Waals surface area contributed by atoms with E-state index in [1.165, 1.54) is 22.3 Å². The summed E-state index contributed by atoms with van der Waals surface area (Å²) >= 11 is 0. The highest BCUT2D eigenvalue weighted by Crippen LogP contribution is 2.55. The molecule has 1 aliphatic rings. The van der Waals surface area contributed by atoms with Crippen molar-refractivity contribution in [1.29, 1.82) is 5.26 Å². The van der Waals surface area contributed by atoms with E-state index >= 15 is 0 Å². The third-order valence-corrected chi connectivity index (χ3v) is 10.8. The molecule has 0 amide bonds. The molecule has 0 radical (unpaired) electrons. The number of rotatable bonds is 5. The second-order valence-electron chi connectivity index (χ2n) is 13.6. The molecule has 248 valence electrons. The molecule has 0 saturated heterocycles. The van der Waals surface area contributed by atoms with Gasteiger partial charge in [0.25, 0.3) is 0 Å². The molecular weight excluding hydrogens is 645 g/mol. The molecule has 1 aromatic heterocycles. The van der Waals surface area contributed by atoms with E-state index in [2.05, 4.69) is 180 Å². The van der Waals surface area contributed by atoms with Crippen LogP contribution in [0.4, 0.5) is 0 Å². The van der Waals surface area contributed by atoms with Gasteiger partial charge in [-0.05, 0) is 88.0 Å². The smallest absolute Gasteiger partial charge is 0.132 e. The normalized spacial score (nSPS) is 12.8. The highest BCUT2D eigenvalue weighted by Gasteiger charge is 2.45. The van der Waals surface area contributed by atoms with Crippen molar-refractivity contribution in [2.24, 2.45) is 0 Å². The molecule has 53 heavy (non-hydrogen) atoms. The van der Waals surface area contributed by atoms with Crippen molar-refractivity contribution < 1.29 is 4.74 Å². The van der Waals surface area contributed by atoms with E-state index in [4.69, 9.17) is 4.74 Å². The van der Waals surface area contributed by atoms with Crippen LogP contribution in [-0.4, -0.2) is 4.57 Å². The average molecular weight is 677 g/mol. The Labute approximate surface area is 308 Å². The number of nitrogens with zero attached hydrogens (tertiary/aromatic N) is 2. The first-order chi connectivity index (χ1) is 26.2. The summed E-state index contributed by atoms with van der Waals surface area (Å²) in [6, 6.07) is 70.7. The first-order valence-electron chi connectivity index (χ1n) is 17.9. The molecule has 10 rings (SSSR count). The van der Waals surface area contributed by atoms with Crippen LogP contribution in [0.5, 0.6) is 11.5 Å². The summed E-state index contributed by atoms with van der Waals surface area (Å²) in [5.74, 6) is 1.69. The fraction of sp³-hybridized carbons (Fsp3) is 0.0200. The van der Waals surface area contributed by atoms with Crippen LogP contribution in [0.25, 0.3) is 49.7 Å². The van der Waals surface area contributed by atoms with E-state index in [-0.39, 0.29) is 0 Å². The van der Waals surface area contributed by atoms with Crippen LogP contribution in [0.15, 0.2) is 194 Å². The van der Waals surface area contributed by atoms with Gasteiger partial charge >= 0.3 is 0 Å². The Bertz CT molecular complexity index is 2810. The lowest BCUT2D eigenvalue weighted by Gasteiger charge is -2.41. The Morgan fingerprint density at radius 1 is 0.434 bits per heavy atom. The zero-order valence-corrected chi connectivity index (χ0v) is 28.8. The number of nitriles is 1. The summed E-state index contributed by atoms with van der Waals surface area (Å²) in [4.78, 5) is 0. The zero-order valence-electron chi connectivity index (χ0n) is 28.8. The molecule has 0 bridgehead atoms. The first-order valence-corrected chi connectivity index (χ1v) is 17.9. The number of benzene rings is 8. The lowest BCUT2D eigenvalue weighted by Crippen LogP contribution is -2.34. The molecule has 0 spiro atoms. The van der Waals surface area contributed by atoms with Crippen LogP contribution in [0.3, 0.4) is 0 Å². The number of fused-ring (bicyclic) bond motifs is 5. The lowest BCUT2D eigenvalue weighted by atomic mass is 9.63. The number of hydrogen-bond acceptors (Lipinski definition) is 2. The molecule has 0 unspecified atom stereocenters. The van der Waals surface area contributed by atoms with Crippen LogP contribution < -0.4 is 4.74 Å². The van der Waals surface area contributed by atoms with Crippen LogP contribution in [0.1, 0.15) is 27.8 Å². The van der Waals surface area contributed by atoms with Gasteiger partial charge in [-0.2, -0.15) is 5.26 Å². The number of hydrogen-bond donors (Lipinski definition) is 0. The Morgan fingerprint density at radius 3 is 1.66 bits per heavy atom. The minimum atomic E-state index is -0.563. The van der Waals surface area contributed by atoms with Gasteiger partial charge in [0, 0.05) is 27.6 Å². The molecule has 9 aromatic rings. The predicted molar refractivity (Wildman–Crippen MR) is 215 cm³/mol. The van der Waals surface area contributed by atoms with Crippen molar-refractivity contribution in [2.45, 2.75) is 5.41 Å². The Hall–Kier alpha value is -7.15. The van der Waals surface area contributed by atoms with Gasteiger partial charge in [-0.3, -0.25) is 0 Å². The summed E-state index contributed by atoms with van der Waals surface area (Å²) in [5, 5.41) is 12.0. The molecule has 0 saturated carbocycles. The summed E-state index contributed by atoms with van der Waals surface area (Å²) in [7, 11) is 0. The molecule has 8 aromatic carbocycles. The van der Waals surface area contributed by atoms with E-state index in [9.17, 15) is 5.26 Å². The van der Waals surface area contributed by atoms with Gasteiger partial charge < -0.3 is 9.30 Å². The summed E-state index contributed by atoms with van der Waals surface area (Å²) in [5.41, 5.74) is 12.4. The van der Waals surface area contributed by atoms with Gasteiger partial charge in [0.15, 0.2) is 0 Å². The van der Waals surface area contributed by atoms with Crippen LogP contribution in [-0.2, 0) is 5.41 Å². The highest BCUT2D eigenvalue weighted by molar-refractivity contribution is 6.11. The minimum Gasteiger partial charge on any atom is -0.457 e. The van der Waals surface area contributed by atoms with Crippen molar-refractivity contribution in [3.05, 3.63) is 222 Å². The number of ether oxygens (including phenoxy) is 1. The fourth-order valence-electron chi connectivity index (χ4n) is 8.37. The molecule has 3 nitrogen and oxygen atoms in total. The van der Waals surface area contributed by atoms with E-state index < -0.39 is 5.41 Å². The average Bonchev–Trinajstić information content (AvgIpc) is 3.56. The zero-order chi connectivity index (χ0) is 35.4. The van der Waals surface area contributed by atoms with E-state index in [0.717, 1.165) is 61.2 Å². The van der Waals surface area contributed by atoms with Crippen molar-refractivity contribution in [2.75, 3.05) is 0 Å². The monoisotopic (exact) mass is 676 g/mol. The molecule has 0 N–H and O–H groups in total. The third-order valence-electron chi connectivity index (χ3n) is 10.8. The van der Waals surface area contributed by atoms with Crippen LogP contribution in [0.2, 0.25) is 0 Å². The van der Waals surface area contributed by atoms with Gasteiger partial charge in [0.05, 0.1) is 28.1 Å². The quantitative estimate of drug-likeness (QED) is 0.182. The van der Waals surface area contributed by atoms with Gasteiger partial charge in [-0.15, -0.1) is 0 Å². The van der Waals surface area contributed by atoms with Crippen molar-refractivity contribution in [3.8, 4) is 45.5 Å². The second kappa shape index (κ2) is 12.3. The van der Waals surface area contributed by atoms with E-state index in [1.54, 1.807) is 0 Å². The number of aromatic nitrogens is 1. The minimum absolute atomic E-state index is 0.563. The maximum absolute atomic E-state index is 9.88. The van der Waals surface area contributed by atoms with Gasteiger partial charge in [0.1, 0.15) is 11.5 Å². The molecule has 2 heterocycles. The van der Waals surface area contributed by atoms with E-state index in [0.29, 0.717) is 5.56 Å². The van der Waals surface area contributed by atoms with Crippen molar-refractivity contribution in [1.82, 2.24) is 4.57 Å². The lowest BCUT2D eigenvalue weighted by molar-refractivity contribution is 0.435. The molecule has 1 aliphatic heterocycles. The third kappa shape index (κ3) is 4.81. The largest absolute Gasteiger partial charge is 0.457 e. The van der Waals surface area contributed by atoms with E-state index in [1.807, 2.05) is 24.3 Å². The first kappa shape index (κ1) is 30.7. The summed E-state index contributed by atoms with van der Waals surface area (Å²) in [6.07, 6.45) is 0. The standard InChI is InChI=1S/C50H32N2O/c51-33-34-20-28-46-42(30-34)43-31-37(24-29-47(43)52(46)41-25-21-36(22-26-41)35-12-4-1-5-13-35)38-23-27-45-49(32-38)53-48-19-11-10-18-44(48)50(45,39-14-6-2-7-15-39)40-16-8-3-9-17-40/h1-32H. The van der Waals surface area contributed by atoms with Crippen molar-refractivity contribution in [3.63, 3.8) is 0 Å². The molecule has 0 fully saturated rings. The fourth-order valence-corrected chi connectivity index (χ4v) is 8.37. The Morgan fingerprint density at radius 2 is 0.962 bits per heavy atom. The molecule has 3 heteroatoms. The van der Waals surface area contributed by atoms with Crippen LogP contribution in [0, 0.1) is 11.3 Å².